The Morgan fingerprint density at radius 2 is 2.08 bits per heavy atom. The molecule has 134 valence electrons. The highest BCUT2D eigenvalue weighted by Gasteiger charge is 2.32. The van der Waals surface area contributed by atoms with E-state index in [1.54, 1.807) is 17.7 Å². The molecule has 2 heterocycles. The summed E-state index contributed by atoms with van der Waals surface area (Å²) >= 11 is 1.72. The molecule has 0 unspecified atom stereocenters. The van der Waals surface area contributed by atoms with Crippen LogP contribution in [0.3, 0.4) is 0 Å². The molecule has 0 aliphatic heterocycles. The van der Waals surface area contributed by atoms with Crippen molar-refractivity contribution >= 4 is 27.5 Å². The molecule has 6 heteroatoms. The number of rotatable bonds is 5. The molecule has 0 saturated heterocycles. The number of carbonyl (C=O) groups excluding carboxylic acids is 1. The van der Waals surface area contributed by atoms with E-state index in [2.05, 4.69) is 9.97 Å². The second kappa shape index (κ2) is 7.28. The van der Waals surface area contributed by atoms with Gasteiger partial charge in [-0.05, 0) is 56.9 Å². The van der Waals surface area contributed by atoms with Gasteiger partial charge in [0.05, 0.1) is 18.4 Å². The van der Waals surface area contributed by atoms with Crippen LogP contribution in [0.15, 0.2) is 6.33 Å². The van der Waals surface area contributed by atoms with Crippen molar-refractivity contribution < 1.29 is 14.3 Å². The van der Waals surface area contributed by atoms with Crippen LogP contribution in [0.1, 0.15) is 68.2 Å². The van der Waals surface area contributed by atoms with Crippen molar-refractivity contribution in [2.45, 2.75) is 70.3 Å². The lowest BCUT2D eigenvalue weighted by atomic mass is 9.97. The first kappa shape index (κ1) is 16.8. The molecule has 0 spiro atoms. The van der Waals surface area contributed by atoms with Gasteiger partial charge in [0.2, 0.25) is 5.88 Å². The second-order valence-corrected chi connectivity index (χ2v) is 8.00. The summed E-state index contributed by atoms with van der Waals surface area (Å²) in [5, 5.41) is 1.04. The van der Waals surface area contributed by atoms with Crippen molar-refractivity contribution in [1.82, 2.24) is 9.97 Å². The van der Waals surface area contributed by atoms with Crippen molar-refractivity contribution in [3.8, 4) is 5.88 Å². The van der Waals surface area contributed by atoms with Crippen LogP contribution in [-0.2, 0) is 16.0 Å². The molecular formula is C19H24N2O3S. The summed E-state index contributed by atoms with van der Waals surface area (Å²) in [6.07, 6.45) is 10.3. The summed E-state index contributed by atoms with van der Waals surface area (Å²) < 4.78 is 11.5. The van der Waals surface area contributed by atoms with Gasteiger partial charge in [0, 0.05) is 4.88 Å². The highest BCUT2D eigenvalue weighted by atomic mass is 32.1. The third-order valence-corrected chi connectivity index (χ3v) is 6.42. The average molecular weight is 360 g/mol. The lowest BCUT2D eigenvalue weighted by Crippen LogP contribution is -2.20. The minimum Gasteiger partial charge on any atom is -0.474 e. The van der Waals surface area contributed by atoms with E-state index in [9.17, 15) is 4.79 Å². The standard InChI is InChI=1S/C19H24N2O3S/c1-2-23-15(22)10-12-8-9-14-16(12)17-18(20-11-21-19(17)25-14)24-13-6-4-3-5-7-13/h11-13H,2-10H2,1H3/t12-/m0/s1. The zero-order valence-electron chi connectivity index (χ0n) is 14.6. The predicted molar refractivity (Wildman–Crippen MR) is 97.2 cm³/mol. The van der Waals surface area contributed by atoms with E-state index in [1.165, 1.54) is 29.7 Å². The fourth-order valence-corrected chi connectivity index (χ4v) is 5.33. The Morgan fingerprint density at radius 1 is 1.24 bits per heavy atom. The maximum atomic E-state index is 12.0. The van der Waals surface area contributed by atoms with E-state index in [4.69, 9.17) is 9.47 Å². The molecule has 0 amide bonds. The van der Waals surface area contributed by atoms with Gasteiger partial charge in [-0.3, -0.25) is 4.79 Å². The van der Waals surface area contributed by atoms with Crippen molar-refractivity contribution in [2.75, 3.05) is 6.61 Å². The highest BCUT2D eigenvalue weighted by molar-refractivity contribution is 7.19. The highest BCUT2D eigenvalue weighted by Crippen LogP contribution is 2.47. The summed E-state index contributed by atoms with van der Waals surface area (Å²) in [6.45, 7) is 2.28. The number of aryl methyl sites for hydroxylation is 1. The molecule has 4 rings (SSSR count). The number of fused-ring (bicyclic) bond motifs is 3. The molecule has 0 radical (unpaired) electrons. The Morgan fingerprint density at radius 3 is 2.88 bits per heavy atom. The Hall–Kier alpha value is -1.69. The summed E-state index contributed by atoms with van der Waals surface area (Å²) in [4.78, 5) is 23.2. The molecule has 2 aliphatic carbocycles. The average Bonchev–Trinajstić information content (AvgIpc) is 3.16. The van der Waals surface area contributed by atoms with E-state index in [-0.39, 0.29) is 18.0 Å². The number of thiophene rings is 1. The van der Waals surface area contributed by atoms with Gasteiger partial charge in [-0.25, -0.2) is 9.97 Å². The number of carbonyl (C=O) groups is 1. The van der Waals surface area contributed by atoms with Crippen molar-refractivity contribution in [2.24, 2.45) is 0 Å². The largest absolute Gasteiger partial charge is 0.474 e. The molecule has 2 aliphatic rings. The van der Waals surface area contributed by atoms with Gasteiger partial charge in [-0.2, -0.15) is 0 Å². The van der Waals surface area contributed by atoms with E-state index in [0.29, 0.717) is 18.9 Å². The molecule has 5 nitrogen and oxygen atoms in total. The van der Waals surface area contributed by atoms with Crippen LogP contribution in [0, 0.1) is 0 Å². The molecule has 0 N–H and O–H groups in total. The minimum absolute atomic E-state index is 0.119. The first-order valence-electron chi connectivity index (χ1n) is 9.34. The quantitative estimate of drug-likeness (QED) is 0.740. The van der Waals surface area contributed by atoms with Crippen molar-refractivity contribution in [3.63, 3.8) is 0 Å². The fourth-order valence-electron chi connectivity index (χ4n) is 4.10. The number of nitrogens with zero attached hydrogens (tertiary/aromatic N) is 2. The molecule has 2 aromatic rings. The number of hydrogen-bond acceptors (Lipinski definition) is 6. The van der Waals surface area contributed by atoms with Gasteiger partial charge < -0.3 is 9.47 Å². The lowest BCUT2D eigenvalue weighted by molar-refractivity contribution is -0.143. The van der Waals surface area contributed by atoms with E-state index < -0.39 is 0 Å². The predicted octanol–water partition coefficient (Wildman–Crippen LogP) is 4.39. The molecular weight excluding hydrogens is 336 g/mol. The van der Waals surface area contributed by atoms with E-state index in [0.717, 1.165) is 35.9 Å². The molecule has 0 bridgehead atoms. The van der Waals surface area contributed by atoms with Crippen LogP contribution in [-0.4, -0.2) is 28.6 Å². The van der Waals surface area contributed by atoms with Gasteiger partial charge >= 0.3 is 5.97 Å². The molecule has 1 fully saturated rings. The summed E-state index contributed by atoms with van der Waals surface area (Å²) in [5.41, 5.74) is 1.24. The topological polar surface area (TPSA) is 61.3 Å². The zero-order chi connectivity index (χ0) is 17.2. The second-order valence-electron chi connectivity index (χ2n) is 6.92. The Balaban J connectivity index is 1.65. The van der Waals surface area contributed by atoms with Crippen molar-refractivity contribution in [3.05, 3.63) is 16.8 Å². The number of ether oxygens (including phenoxy) is 2. The third kappa shape index (κ3) is 3.36. The van der Waals surface area contributed by atoms with Gasteiger partial charge in [-0.15, -0.1) is 11.3 Å². The van der Waals surface area contributed by atoms with Crippen LogP contribution < -0.4 is 4.74 Å². The number of aromatic nitrogens is 2. The minimum atomic E-state index is -0.119. The van der Waals surface area contributed by atoms with Gasteiger partial charge in [0.25, 0.3) is 0 Å². The van der Waals surface area contributed by atoms with Crippen LogP contribution >= 0.6 is 11.3 Å². The van der Waals surface area contributed by atoms with E-state index in [1.807, 2.05) is 6.92 Å². The number of hydrogen-bond donors (Lipinski definition) is 0. The smallest absolute Gasteiger partial charge is 0.306 e. The molecule has 0 aromatic carbocycles. The summed E-state index contributed by atoms with van der Waals surface area (Å²) in [6, 6.07) is 0. The van der Waals surface area contributed by atoms with E-state index >= 15 is 0 Å². The van der Waals surface area contributed by atoms with Crippen LogP contribution in [0.4, 0.5) is 0 Å². The van der Waals surface area contributed by atoms with Crippen molar-refractivity contribution in [1.29, 1.82) is 0 Å². The van der Waals surface area contributed by atoms with Crippen LogP contribution in [0.2, 0.25) is 0 Å². The molecule has 1 atom stereocenters. The Kier molecular flexibility index (Phi) is 4.88. The molecule has 2 aromatic heterocycles. The van der Waals surface area contributed by atoms with Crippen LogP contribution in [0.5, 0.6) is 5.88 Å². The van der Waals surface area contributed by atoms with Gasteiger partial charge in [0.15, 0.2) is 0 Å². The maximum Gasteiger partial charge on any atom is 0.306 e. The monoisotopic (exact) mass is 360 g/mol. The first-order chi connectivity index (χ1) is 12.3. The SMILES string of the molecule is CCOC(=O)C[C@@H]1CCc2sc3ncnc(OC4CCCCC4)c3c21. The number of esters is 1. The molecule has 25 heavy (non-hydrogen) atoms. The Bertz CT molecular complexity index is 767. The van der Waals surface area contributed by atoms with Crippen LogP contribution in [0.25, 0.3) is 10.2 Å². The zero-order valence-corrected chi connectivity index (χ0v) is 15.4. The lowest BCUT2D eigenvalue weighted by Gasteiger charge is -2.23. The van der Waals surface area contributed by atoms with Gasteiger partial charge in [-0.1, -0.05) is 6.42 Å². The third-order valence-electron chi connectivity index (χ3n) is 5.24. The molecule has 1 saturated carbocycles. The summed E-state index contributed by atoms with van der Waals surface area (Å²) in [5.74, 6) is 0.791. The summed E-state index contributed by atoms with van der Waals surface area (Å²) in [7, 11) is 0. The first-order valence-corrected chi connectivity index (χ1v) is 10.2. The van der Waals surface area contributed by atoms with Gasteiger partial charge in [0.1, 0.15) is 17.3 Å². The Labute approximate surface area is 151 Å². The normalized spacial score (nSPS) is 20.6. The fraction of sp³-hybridized carbons (Fsp3) is 0.632. The maximum absolute atomic E-state index is 12.0.